The summed E-state index contributed by atoms with van der Waals surface area (Å²) in [5.74, 6) is 0.941. The van der Waals surface area contributed by atoms with E-state index in [0.29, 0.717) is 0 Å². The number of hydrogen-bond acceptors (Lipinski definition) is 2. The molecule has 3 rings (SSSR count). The van der Waals surface area contributed by atoms with Crippen LogP contribution < -0.4 is 0 Å². The van der Waals surface area contributed by atoms with Gasteiger partial charge in [-0.3, -0.25) is 0 Å². The van der Waals surface area contributed by atoms with Crippen molar-refractivity contribution in [2.75, 3.05) is 0 Å². The molecule has 0 unspecified atom stereocenters. The molecule has 0 amide bonds. The second-order valence-electron chi connectivity index (χ2n) is 4.73. The van der Waals surface area contributed by atoms with Gasteiger partial charge >= 0.3 is 0 Å². The number of thioether (sulfide) groups is 1. The molecule has 0 atom stereocenters. The van der Waals surface area contributed by atoms with E-state index in [-0.39, 0.29) is 6.61 Å². The fourth-order valence-corrected chi connectivity index (χ4v) is 3.30. The fraction of sp³-hybridized carbons (Fsp3) is 0.111. The van der Waals surface area contributed by atoms with Gasteiger partial charge in [-0.15, -0.1) is 11.8 Å². The molecule has 0 radical (unpaired) electrons. The minimum Gasteiger partial charge on any atom is -0.392 e. The van der Waals surface area contributed by atoms with Crippen molar-refractivity contribution in [2.45, 2.75) is 17.3 Å². The Morgan fingerprint density at radius 1 is 0.850 bits per heavy atom. The lowest BCUT2D eigenvalue weighted by atomic mass is 10.1. The molecule has 100 valence electrons. The minimum atomic E-state index is 0.0999. The summed E-state index contributed by atoms with van der Waals surface area (Å²) in [5.41, 5.74) is 2.32. The maximum absolute atomic E-state index is 9.18. The predicted octanol–water partition coefficient (Wildman–Crippen LogP) is 4.62. The van der Waals surface area contributed by atoms with Gasteiger partial charge in [0.15, 0.2) is 0 Å². The zero-order valence-corrected chi connectivity index (χ0v) is 11.9. The molecule has 1 N–H and O–H groups in total. The molecule has 0 aliphatic heterocycles. The first-order valence-corrected chi connectivity index (χ1v) is 7.64. The Balaban J connectivity index is 1.83. The largest absolute Gasteiger partial charge is 0.392 e. The van der Waals surface area contributed by atoms with E-state index in [1.807, 2.05) is 12.1 Å². The Morgan fingerprint density at radius 2 is 1.65 bits per heavy atom. The van der Waals surface area contributed by atoms with Crippen LogP contribution >= 0.6 is 11.8 Å². The van der Waals surface area contributed by atoms with Crippen molar-refractivity contribution in [2.24, 2.45) is 0 Å². The molecule has 0 saturated heterocycles. The summed E-state index contributed by atoms with van der Waals surface area (Å²) in [6, 6.07) is 23.0. The molecule has 0 aliphatic rings. The van der Waals surface area contributed by atoms with E-state index in [1.165, 1.54) is 21.2 Å². The number of aliphatic hydroxyl groups excluding tert-OH is 1. The average Bonchev–Trinajstić information content (AvgIpc) is 2.53. The molecule has 3 aromatic carbocycles. The van der Waals surface area contributed by atoms with Gasteiger partial charge in [0.05, 0.1) is 6.61 Å². The van der Waals surface area contributed by atoms with Crippen LogP contribution in [-0.2, 0) is 12.4 Å². The predicted molar refractivity (Wildman–Crippen MR) is 85.9 cm³/mol. The van der Waals surface area contributed by atoms with E-state index in [4.69, 9.17) is 0 Å². The van der Waals surface area contributed by atoms with Crippen LogP contribution in [0.1, 0.15) is 11.1 Å². The first-order chi connectivity index (χ1) is 9.86. The summed E-state index contributed by atoms with van der Waals surface area (Å²) in [6.45, 7) is 0.0999. The third kappa shape index (κ3) is 2.87. The number of fused-ring (bicyclic) bond motifs is 1. The van der Waals surface area contributed by atoms with Crippen LogP contribution in [0.25, 0.3) is 10.8 Å². The summed E-state index contributed by atoms with van der Waals surface area (Å²) in [6.07, 6.45) is 0. The van der Waals surface area contributed by atoms with Crippen LogP contribution in [0.4, 0.5) is 0 Å². The van der Waals surface area contributed by atoms with Crippen molar-refractivity contribution in [1.29, 1.82) is 0 Å². The minimum absolute atomic E-state index is 0.0999. The highest BCUT2D eigenvalue weighted by Crippen LogP contribution is 2.27. The summed E-state index contributed by atoms with van der Waals surface area (Å²) in [7, 11) is 0. The molecule has 0 spiro atoms. The third-order valence-electron chi connectivity index (χ3n) is 3.36. The van der Waals surface area contributed by atoms with Crippen molar-refractivity contribution >= 4 is 22.5 Å². The standard InChI is InChI=1S/C18H16OS/c19-12-14-5-3-9-17(11-14)20-13-16-8-4-7-15-6-1-2-10-18(15)16/h1-11,19H,12-13H2. The molecule has 0 aromatic heterocycles. The molecule has 0 fully saturated rings. The van der Waals surface area contributed by atoms with Crippen molar-refractivity contribution in [1.82, 2.24) is 0 Å². The SMILES string of the molecule is OCc1cccc(SCc2cccc3ccccc23)c1. The second kappa shape index (κ2) is 6.12. The maximum atomic E-state index is 9.18. The quantitative estimate of drug-likeness (QED) is 0.703. The fourth-order valence-electron chi connectivity index (χ4n) is 2.31. The van der Waals surface area contributed by atoms with Crippen LogP contribution in [0.3, 0.4) is 0 Å². The van der Waals surface area contributed by atoms with Crippen LogP contribution in [0.2, 0.25) is 0 Å². The van der Waals surface area contributed by atoms with E-state index in [1.54, 1.807) is 11.8 Å². The molecule has 0 saturated carbocycles. The summed E-state index contributed by atoms with van der Waals surface area (Å²) < 4.78 is 0. The first kappa shape index (κ1) is 13.2. The summed E-state index contributed by atoms with van der Waals surface area (Å²) >= 11 is 1.81. The molecule has 0 heterocycles. The van der Waals surface area contributed by atoms with Gasteiger partial charge in [-0.25, -0.2) is 0 Å². The Hall–Kier alpha value is -1.77. The van der Waals surface area contributed by atoms with Crippen molar-refractivity contribution in [3.05, 3.63) is 77.9 Å². The first-order valence-electron chi connectivity index (χ1n) is 6.66. The van der Waals surface area contributed by atoms with Crippen LogP contribution in [0.5, 0.6) is 0 Å². The Bertz CT molecular complexity index is 716. The Morgan fingerprint density at radius 3 is 2.55 bits per heavy atom. The molecule has 20 heavy (non-hydrogen) atoms. The van der Waals surface area contributed by atoms with Gasteiger partial charge in [0.1, 0.15) is 0 Å². The van der Waals surface area contributed by atoms with E-state index >= 15 is 0 Å². The highest BCUT2D eigenvalue weighted by Gasteiger charge is 2.02. The number of rotatable bonds is 4. The lowest BCUT2D eigenvalue weighted by Gasteiger charge is -2.07. The third-order valence-corrected chi connectivity index (χ3v) is 4.40. The second-order valence-corrected chi connectivity index (χ2v) is 5.78. The molecule has 1 nitrogen and oxygen atoms in total. The van der Waals surface area contributed by atoms with E-state index in [9.17, 15) is 5.11 Å². The highest BCUT2D eigenvalue weighted by molar-refractivity contribution is 7.98. The van der Waals surface area contributed by atoms with Gasteiger partial charge in [0, 0.05) is 10.6 Å². The lowest BCUT2D eigenvalue weighted by Crippen LogP contribution is -1.86. The van der Waals surface area contributed by atoms with Gasteiger partial charge in [-0.1, -0.05) is 54.6 Å². The molecule has 3 aromatic rings. The van der Waals surface area contributed by atoms with E-state index < -0.39 is 0 Å². The van der Waals surface area contributed by atoms with Gasteiger partial charge < -0.3 is 5.11 Å². The number of benzene rings is 3. The molecule has 0 bridgehead atoms. The van der Waals surface area contributed by atoms with Gasteiger partial charge in [-0.05, 0) is 34.0 Å². The van der Waals surface area contributed by atoms with Crippen LogP contribution in [-0.4, -0.2) is 5.11 Å². The lowest BCUT2D eigenvalue weighted by molar-refractivity contribution is 0.281. The average molecular weight is 280 g/mol. The van der Waals surface area contributed by atoms with Gasteiger partial charge in [-0.2, -0.15) is 0 Å². The van der Waals surface area contributed by atoms with Gasteiger partial charge in [0.25, 0.3) is 0 Å². The van der Waals surface area contributed by atoms with Gasteiger partial charge in [0.2, 0.25) is 0 Å². The highest BCUT2D eigenvalue weighted by atomic mass is 32.2. The molecule has 0 aliphatic carbocycles. The zero-order valence-electron chi connectivity index (χ0n) is 11.1. The molecular weight excluding hydrogens is 264 g/mol. The number of hydrogen-bond donors (Lipinski definition) is 1. The van der Waals surface area contributed by atoms with Crippen molar-refractivity contribution < 1.29 is 5.11 Å². The van der Waals surface area contributed by atoms with Crippen LogP contribution in [0.15, 0.2) is 71.6 Å². The summed E-state index contributed by atoms with van der Waals surface area (Å²) in [4.78, 5) is 1.20. The zero-order chi connectivity index (χ0) is 13.8. The van der Waals surface area contributed by atoms with Crippen molar-refractivity contribution in [3.63, 3.8) is 0 Å². The Labute approximate surface area is 123 Å². The number of aliphatic hydroxyl groups is 1. The van der Waals surface area contributed by atoms with Crippen LogP contribution in [0, 0.1) is 0 Å². The topological polar surface area (TPSA) is 20.2 Å². The molecule has 2 heteroatoms. The van der Waals surface area contributed by atoms with E-state index in [2.05, 4.69) is 54.6 Å². The smallest absolute Gasteiger partial charge is 0.0682 e. The summed E-state index contributed by atoms with van der Waals surface area (Å²) in [5, 5.41) is 11.8. The van der Waals surface area contributed by atoms with Crippen molar-refractivity contribution in [3.8, 4) is 0 Å². The monoisotopic (exact) mass is 280 g/mol. The maximum Gasteiger partial charge on any atom is 0.0682 e. The normalized spacial score (nSPS) is 10.8. The molecular formula is C18H16OS. The van der Waals surface area contributed by atoms with E-state index in [0.717, 1.165) is 11.3 Å². The Kier molecular flexibility index (Phi) is 4.05.